The van der Waals surface area contributed by atoms with Crippen LogP contribution in [0.3, 0.4) is 0 Å². The van der Waals surface area contributed by atoms with Gasteiger partial charge in [0.15, 0.2) is 0 Å². The van der Waals surface area contributed by atoms with Gasteiger partial charge in [-0.15, -0.1) is 0 Å². The third-order valence-electron chi connectivity index (χ3n) is 3.70. The van der Waals surface area contributed by atoms with Crippen molar-refractivity contribution in [2.45, 2.75) is 6.92 Å². The first-order chi connectivity index (χ1) is 12.4. The lowest BCUT2D eigenvalue weighted by Gasteiger charge is -2.05. The van der Waals surface area contributed by atoms with E-state index in [1.165, 1.54) is 23.0 Å². The fourth-order valence-electron chi connectivity index (χ4n) is 2.40. The fourth-order valence-corrected chi connectivity index (χ4v) is 2.78. The standard InChI is InChI=1S/C18H13Cl2N3O3/c1-10-15(9-21-12-5-6-16(20)14(8-12)18(25)26)17(24)23(22-10)13-4-2-3-11(19)7-13/h2-9,22H,1H3,(H,25,26)/p-1. The fraction of sp³-hybridized carbons (Fsp3) is 0.0556. The molecule has 0 saturated heterocycles. The lowest BCUT2D eigenvalue weighted by Crippen LogP contribution is -2.22. The number of carbonyl (C=O) groups is 1. The van der Waals surface area contributed by atoms with Crippen LogP contribution in [0.1, 0.15) is 21.6 Å². The van der Waals surface area contributed by atoms with Crippen LogP contribution in [-0.4, -0.2) is 22.0 Å². The normalized spacial score (nSPS) is 11.2. The Morgan fingerprint density at radius 2 is 2.00 bits per heavy atom. The maximum Gasteiger partial charge on any atom is 0.280 e. The molecule has 0 aliphatic heterocycles. The quantitative estimate of drug-likeness (QED) is 0.696. The van der Waals surface area contributed by atoms with Crippen molar-refractivity contribution in [1.82, 2.24) is 9.78 Å². The summed E-state index contributed by atoms with van der Waals surface area (Å²) in [6.07, 6.45) is 1.37. The molecular weight excluding hydrogens is 377 g/mol. The number of rotatable bonds is 4. The second-order valence-corrected chi connectivity index (χ2v) is 6.32. The number of aromatic nitrogens is 2. The molecule has 3 aromatic rings. The van der Waals surface area contributed by atoms with Crippen LogP contribution in [0.5, 0.6) is 0 Å². The molecule has 0 bridgehead atoms. The topological polar surface area (TPSA) is 90.3 Å². The lowest BCUT2D eigenvalue weighted by molar-refractivity contribution is -0.255. The van der Waals surface area contributed by atoms with Crippen molar-refractivity contribution in [3.8, 4) is 5.69 Å². The number of carboxylic acid groups (broad SMARTS) is 1. The largest absolute Gasteiger partial charge is 0.545 e. The van der Waals surface area contributed by atoms with E-state index in [4.69, 9.17) is 23.2 Å². The summed E-state index contributed by atoms with van der Waals surface area (Å²) in [5.74, 6) is -1.40. The average Bonchev–Trinajstić information content (AvgIpc) is 2.88. The highest BCUT2D eigenvalue weighted by Crippen LogP contribution is 2.22. The summed E-state index contributed by atoms with van der Waals surface area (Å²) in [6, 6.07) is 11.1. The molecule has 26 heavy (non-hydrogen) atoms. The summed E-state index contributed by atoms with van der Waals surface area (Å²) in [6.45, 7) is 1.73. The van der Waals surface area contributed by atoms with Crippen molar-refractivity contribution < 1.29 is 9.90 Å². The number of aromatic amines is 1. The van der Waals surface area contributed by atoms with Crippen molar-refractivity contribution in [2.24, 2.45) is 4.99 Å². The zero-order valence-corrected chi connectivity index (χ0v) is 15.0. The minimum absolute atomic E-state index is 0.0603. The molecule has 0 aliphatic rings. The summed E-state index contributed by atoms with van der Waals surface area (Å²) >= 11 is 11.8. The Hall–Kier alpha value is -2.83. The maximum absolute atomic E-state index is 12.6. The van der Waals surface area contributed by atoms with Crippen LogP contribution in [0.15, 0.2) is 52.3 Å². The molecule has 0 amide bonds. The molecular formula is C18H12Cl2N3O3-. The molecule has 132 valence electrons. The molecule has 1 N–H and O–H groups in total. The monoisotopic (exact) mass is 388 g/mol. The number of carboxylic acids is 1. The first-order valence-electron chi connectivity index (χ1n) is 7.49. The van der Waals surface area contributed by atoms with E-state index in [9.17, 15) is 14.7 Å². The summed E-state index contributed by atoms with van der Waals surface area (Å²) in [7, 11) is 0. The van der Waals surface area contributed by atoms with E-state index in [1.807, 2.05) is 0 Å². The molecule has 0 saturated carbocycles. The number of H-pyrrole nitrogens is 1. The zero-order valence-electron chi connectivity index (χ0n) is 13.5. The summed E-state index contributed by atoms with van der Waals surface area (Å²) < 4.78 is 1.36. The highest BCUT2D eigenvalue weighted by Gasteiger charge is 2.11. The molecule has 0 atom stereocenters. The second kappa shape index (κ2) is 7.19. The highest BCUT2D eigenvalue weighted by atomic mass is 35.5. The minimum Gasteiger partial charge on any atom is -0.545 e. The first kappa shape index (κ1) is 18.0. The van der Waals surface area contributed by atoms with Crippen molar-refractivity contribution in [2.75, 3.05) is 0 Å². The van der Waals surface area contributed by atoms with E-state index in [2.05, 4.69) is 10.1 Å². The Morgan fingerprint density at radius 1 is 1.23 bits per heavy atom. The zero-order chi connectivity index (χ0) is 18.8. The number of hydrogen-bond donors (Lipinski definition) is 1. The number of nitrogens with one attached hydrogen (secondary N) is 1. The van der Waals surface area contributed by atoms with Crippen LogP contribution in [0.2, 0.25) is 10.0 Å². The number of halogens is 2. The van der Waals surface area contributed by atoms with E-state index in [0.717, 1.165) is 0 Å². The van der Waals surface area contributed by atoms with Crippen LogP contribution < -0.4 is 10.7 Å². The van der Waals surface area contributed by atoms with Gasteiger partial charge in [-0.1, -0.05) is 29.3 Å². The molecule has 2 aromatic carbocycles. The van der Waals surface area contributed by atoms with Crippen LogP contribution in [-0.2, 0) is 0 Å². The molecule has 1 aromatic heterocycles. The number of aryl methyl sites for hydroxylation is 1. The predicted octanol–water partition coefficient (Wildman–Crippen LogP) is 2.89. The van der Waals surface area contributed by atoms with Gasteiger partial charge in [0.25, 0.3) is 5.56 Å². The van der Waals surface area contributed by atoms with Gasteiger partial charge in [-0.05, 0) is 43.3 Å². The van der Waals surface area contributed by atoms with Gasteiger partial charge in [-0.3, -0.25) is 14.9 Å². The minimum atomic E-state index is -1.40. The molecule has 0 spiro atoms. The molecule has 1 heterocycles. The second-order valence-electron chi connectivity index (χ2n) is 5.48. The van der Waals surface area contributed by atoms with Crippen molar-refractivity contribution in [3.63, 3.8) is 0 Å². The van der Waals surface area contributed by atoms with E-state index in [-0.39, 0.29) is 16.1 Å². The van der Waals surface area contributed by atoms with Crippen molar-refractivity contribution in [3.05, 3.63) is 79.7 Å². The Balaban J connectivity index is 1.99. The first-order valence-corrected chi connectivity index (χ1v) is 8.25. The van der Waals surface area contributed by atoms with Gasteiger partial charge in [-0.2, -0.15) is 0 Å². The van der Waals surface area contributed by atoms with Gasteiger partial charge in [-0.25, -0.2) is 4.68 Å². The van der Waals surface area contributed by atoms with Gasteiger partial charge >= 0.3 is 0 Å². The Labute approximate surface area is 158 Å². The number of benzene rings is 2. The van der Waals surface area contributed by atoms with Crippen LogP contribution >= 0.6 is 23.2 Å². The van der Waals surface area contributed by atoms with E-state index in [1.54, 1.807) is 37.3 Å². The number of aliphatic imine (C=N–C) groups is 1. The van der Waals surface area contributed by atoms with E-state index < -0.39 is 5.97 Å². The third kappa shape index (κ3) is 3.56. The van der Waals surface area contributed by atoms with Gasteiger partial charge in [0.1, 0.15) is 0 Å². The molecule has 0 unspecified atom stereocenters. The smallest absolute Gasteiger partial charge is 0.280 e. The van der Waals surface area contributed by atoms with Gasteiger partial charge in [0, 0.05) is 27.5 Å². The number of nitrogens with zero attached hydrogens (tertiary/aromatic N) is 2. The molecule has 6 nitrogen and oxygen atoms in total. The van der Waals surface area contributed by atoms with Crippen molar-refractivity contribution >= 4 is 41.1 Å². The highest BCUT2D eigenvalue weighted by molar-refractivity contribution is 6.33. The summed E-state index contributed by atoms with van der Waals surface area (Å²) in [5.41, 5.74) is 1.41. The molecule has 3 rings (SSSR count). The molecule has 0 fully saturated rings. The Morgan fingerprint density at radius 3 is 2.69 bits per heavy atom. The Bertz CT molecular complexity index is 1080. The number of hydrogen-bond acceptors (Lipinski definition) is 4. The summed E-state index contributed by atoms with van der Waals surface area (Å²) in [5, 5.41) is 14.6. The number of carbonyl (C=O) groups excluding carboxylic acids is 1. The predicted molar refractivity (Wildman–Crippen MR) is 99.2 cm³/mol. The third-order valence-corrected chi connectivity index (χ3v) is 4.26. The van der Waals surface area contributed by atoms with Gasteiger partial charge in [0.2, 0.25) is 0 Å². The Kier molecular flexibility index (Phi) is 4.97. The average molecular weight is 389 g/mol. The SMILES string of the molecule is Cc1[nH]n(-c2cccc(Cl)c2)c(=O)c1C=Nc1ccc(Cl)c(C(=O)[O-])c1. The van der Waals surface area contributed by atoms with Crippen LogP contribution in [0.4, 0.5) is 5.69 Å². The molecule has 0 aliphatic carbocycles. The van der Waals surface area contributed by atoms with Gasteiger partial charge < -0.3 is 9.90 Å². The molecule has 8 heteroatoms. The van der Waals surface area contributed by atoms with E-state index >= 15 is 0 Å². The summed E-state index contributed by atoms with van der Waals surface area (Å²) in [4.78, 5) is 27.8. The number of aromatic carboxylic acids is 1. The molecule has 0 radical (unpaired) electrons. The van der Waals surface area contributed by atoms with Crippen LogP contribution in [0, 0.1) is 6.92 Å². The van der Waals surface area contributed by atoms with Crippen molar-refractivity contribution in [1.29, 1.82) is 0 Å². The maximum atomic E-state index is 12.6. The van der Waals surface area contributed by atoms with Crippen LogP contribution in [0.25, 0.3) is 5.69 Å². The lowest BCUT2D eigenvalue weighted by atomic mass is 10.2. The van der Waals surface area contributed by atoms with Gasteiger partial charge in [0.05, 0.1) is 22.9 Å². The van der Waals surface area contributed by atoms with E-state index in [0.29, 0.717) is 27.7 Å².